The van der Waals surface area contributed by atoms with Gasteiger partial charge in [0, 0.05) is 36.5 Å². The molecular weight excluding hydrogens is 276 g/mol. The summed E-state index contributed by atoms with van der Waals surface area (Å²) in [6, 6.07) is 1.97. The summed E-state index contributed by atoms with van der Waals surface area (Å²) >= 11 is 0. The van der Waals surface area contributed by atoms with E-state index in [1.54, 1.807) is 0 Å². The Morgan fingerprint density at radius 3 is 2.50 bits per heavy atom. The van der Waals surface area contributed by atoms with Gasteiger partial charge in [0.05, 0.1) is 12.2 Å². The van der Waals surface area contributed by atoms with Gasteiger partial charge in [-0.15, -0.1) is 0 Å². The second-order valence-electron chi connectivity index (χ2n) is 6.39. The van der Waals surface area contributed by atoms with E-state index >= 15 is 0 Å². The summed E-state index contributed by atoms with van der Waals surface area (Å²) in [6.45, 7) is 3.49. The third-order valence-corrected chi connectivity index (χ3v) is 4.25. The summed E-state index contributed by atoms with van der Waals surface area (Å²) < 4.78 is 5.25. The van der Waals surface area contributed by atoms with Crippen LogP contribution in [-0.4, -0.2) is 27.1 Å². The Kier molecular flexibility index (Phi) is 4.83. The average Bonchev–Trinajstić information content (AvgIpc) is 2.94. The number of aromatic nitrogens is 3. The summed E-state index contributed by atoms with van der Waals surface area (Å²) in [6.07, 6.45) is 10.4. The Labute approximate surface area is 131 Å². The van der Waals surface area contributed by atoms with Crippen molar-refractivity contribution >= 4 is 0 Å². The standard InChI is InChI=1S/C17H24N4O/c1-13-8-16(22-20-13)12-21(2)11-14-9-18-17(19-10-14)15-6-4-3-5-7-15/h8-10,15H,3-7,11-12H2,1-2H3. The van der Waals surface area contributed by atoms with Crippen LogP contribution in [0.15, 0.2) is 23.0 Å². The fraction of sp³-hybridized carbons (Fsp3) is 0.588. The second kappa shape index (κ2) is 7.01. The predicted molar refractivity (Wildman–Crippen MR) is 84.3 cm³/mol. The zero-order chi connectivity index (χ0) is 15.4. The lowest BCUT2D eigenvalue weighted by atomic mass is 9.89. The lowest BCUT2D eigenvalue weighted by Crippen LogP contribution is -2.17. The molecule has 5 nitrogen and oxygen atoms in total. The van der Waals surface area contributed by atoms with E-state index in [0.717, 1.165) is 35.9 Å². The van der Waals surface area contributed by atoms with Crippen molar-refractivity contribution in [2.45, 2.75) is 58.0 Å². The molecule has 1 aliphatic carbocycles. The highest BCUT2D eigenvalue weighted by molar-refractivity contribution is 5.09. The maximum Gasteiger partial charge on any atom is 0.150 e. The van der Waals surface area contributed by atoms with Gasteiger partial charge in [0.2, 0.25) is 0 Å². The van der Waals surface area contributed by atoms with Crippen LogP contribution in [0.3, 0.4) is 0 Å². The molecule has 1 fully saturated rings. The summed E-state index contributed by atoms with van der Waals surface area (Å²) in [7, 11) is 2.06. The van der Waals surface area contributed by atoms with Crippen LogP contribution in [0.2, 0.25) is 0 Å². The summed E-state index contributed by atoms with van der Waals surface area (Å²) in [4.78, 5) is 11.4. The highest BCUT2D eigenvalue weighted by Gasteiger charge is 2.17. The highest BCUT2D eigenvalue weighted by atomic mass is 16.5. The van der Waals surface area contributed by atoms with Gasteiger partial charge >= 0.3 is 0 Å². The Bertz CT molecular complexity index is 587. The minimum atomic E-state index is 0.567. The first-order valence-electron chi connectivity index (χ1n) is 8.12. The van der Waals surface area contributed by atoms with Crippen LogP contribution in [0.1, 0.15) is 60.9 Å². The predicted octanol–water partition coefficient (Wildman–Crippen LogP) is 3.45. The van der Waals surface area contributed by atoms with E-state index in [9.17, 15) is 0 Å². The Hall–Kier alpha value is -1.75. The lowest BCUT2D eigenvalue weighted by molar-refractivity contribution is 0.265. The molecule has 0 aliphatic heterocycles. The van der Waals surface area contributed by atoms with Gasteiger partial charge in [0.1, 0.15) is 5.82 Å². The molecule has 0 atom stereocenters. The van der Waals surface area contributed by atoms with Gasteiger partial charge in [0.25, 0.3) is 0 Å². The van der Waals surface area contributed by atoms with Crippen LogP contribution in [-0.2, 0) is 13.1 Å². The summed E-state index contributed by atoms with van der Waals surface area (Å²) in [5.41, 5.74) is 2.06. The number of nitrogens with zero attached hydrogens (tertiary/aromatic N) is 4. The minimum Gasteiger partial charge on any atom is -0.360 e. The maximum atomic E-state index is 5.25. The maximum absolute atomic E-state index is 5.25. The van der Waals surface area contributed by atoms with Crippen molar-refractivity contribution in [2.75, 3.05) is 7.05 Å². The SMILES string of the molecule is Cc1cc(CN(C)Cc2cnc(C3CCCCC3)nc2)on1. The molecular formula is C17H24N4O. The van der Waals surface area contributed by atoms with Gasteiger partial charge in [-0.2, -0.15) is 0 Å². The fourth-order valence-corrected chi connectivity index (χ4v) is 3.14. The molecule has 0 saturated heterocycles. The van der Waals surface area contributed by atoms with Crippen LogP contribution >= 0.6 is 0 Å². The molecule has 0 spiro atoms. The highest BCUT2D eigenvalue weighted by Crippen LogP contribution is 2.30. The molecule has 2 aromatic rings. The number of hydrogen-bond donors (Lipinski definition) is 0. The van der Waals surface area contributed by atoms with E-state index in [4.69, 9.17) is 4.52 Å². The quantitative estimate of drug-likeness (QED) is 0.846. The van der Waals surface area contributed by atoms with Crippen LogP contribution < -0.4 is 0 Å². The van der Waals surface area contributed by atoms with Gasteiger partial charge in [-0.25, -0.2) is 9.97 Å². The van der Waals surface area contributed by atoms with Crippen LogP contribution in [0.25, 0.3) is 0 Å². The number of hydrogen-bond acceptors (Lipinski definition) is 5. The van der Waals surface area contributed by atoms with Gasteiger partial charge in [-0.1, -0.05) is 24.4 Å². The Balaban J connectivity index is 1.56. The van der Waals surface area contributed by atoms with Crippen molar-refractivity contribution in [3.05, 3.63) is 41.3 Å². The first kappa shape index (κ1) is 15.2. The zero-order valence-corrected chi connectivity index (χ0v) is 13.5. The molecule has 5 heteroatoms. The molecule has 0 amide bonds. The Morgan fingerprint density at radius 1 is 1.14 bits per heavy atom. The second-order valence-corrected chi connectivity index (χ2v) is 6.39. The molecule has 1 aliphatic rings. The van der Waals surface area contributed by atoms with Crippen molar-refractivity contribution < 1.29 is 4.52 Å². The molecule has 22 heavy (non-hydrogen) atoms. The van der Waals surface area contributed by atoms with E-state index in [1.807, 2.05) is 25.4 Å². The van der Waals surface area contributed by atoms with Crippen molar-refractivity contribution in [2.24, 2.45) is 0 Å². The molecule has 0 unspecified atom stereocenters. The van der Waals surface area contributed by atoms with E-state index in [1.165, 1.54) is 32.1 Å². The van der Waals surface area contributed by atoms with E-state index in [2.05, 4.69) is 27.1 Å². The normalized spacial score (nSPS) is 16.3. The molecule has 0 bridgehead atoms. The van der Waals surface area contributed by atoms with Crippen LogP contribution in [0.4, 0.5) is 0 Å². The van der Waals surface area contributed by atoms with Gasteiger partial charge in [-0.05, 0) is 26.8 Å². The van der Waals surface area contributed by atoms with Crippen molar-refractivity contribution in [1.82, 2.24) is 20.0 Å². The van der Waals surface area contributed by atoms with Crippen molar-refractivity contribution in [1.29, 1.82) is 0 Å². The third kappa shape index (κ3) is 3.91. The topological polar surface area (TPSA) is 55.1 Å². The zero-order valence-electron chi connectivity index (χ0n) is 13.5. The average molecular weight is 300 g/mol. The van der Waals surface area contributed by atoms with Gasteiger partial charge in [-0.3, -0.25) is 4.90 Å². The van der Waals surface area contributed by atoms with E-state index in [0.29, 0.717) is 5.92 Å². The molecule has 118 valence electrons. The molecule has 0 radical (unpaired) electrons. The minimum absolute atomic E-state index is 0.567. The summed E-state index contributed by atoms with van der Waals surface area (Å²) in [5.74, 6) is 2.48. The largest absolute Gasteiger partial charge is 0.360 e. The van der Waals surface area contributed by atoms with E-state index < -0.39 is 0 Å². The molecule has 2 heterocycles. The van der Waals surface area contributed by atoms with Gasteiger partial charge in [0.15, 0.2) is 5.76 Å². The number of aryl methyl sites for hydroxylation is 1. The van der Waals surface area contributed by atoms with E-state index in [-0.39, 0.29) is 0 Å². The number of rotatable bonds is 5. The fourth-order valence-electron chi connectivity index (χ4n) is 3.14. The Morgan fingerprint density at radius 2 is 1.86 bits per heavy atom. The monoisotopic (exact) mass is 300 g/mol. The van der Waals surface area contributed by atoms with Crippen LogP contribution in [0.5, 0.6) is 0 Å². The smallest absolute Gasteiger partial charge is 0.150 e. The summed E-state index contributed by atoms with van der Waals surface area (Å²) in [5, 5.41) is 3.91. The van der Waals surface area contributed by atoms with Gasteiger partial charge < -0.3 is 4.52 Å². The van der Waals surface area contributed by atoms with Crippen molar-refractivity contribution in [3.8, 4) is 0 Å². The third-order valence-electron chi connectivity index (χ3n) is 4.25. The van der Waals surface area contributed by atoms with Crippen molar-refractivity contribution in [3.63, 3.8) is 0 Å². The lowest BCUT2D eigenvalue weighted by Gasteiger charge is -2.20. The molecule has 2 aromatic heterocycles. The molecule has 0 N–H and O–H groups in total. The molecule has 3 rings (SSSR count). The first-order chi connectivity index (χ1) is 10.7. The molecule has 1 saturated carbocycles. The molecule has 0 aromatic carbocycles. The van der Waals surface area contributed by atoms with Crippen LogP contribution in [0, 0.1) is 6.92 Å². The first-order valence-corrected chi connectivity index (χ1v) is 8.12.